The zero-order valence-corrected chi connectivity index (χ0v) is 16.2. The van der Waals surface area contributed by atoms with Gasteiger partial charge in [0, 0.05) is 22.1 Å². The van der Waals surface area contributed by atoms with E-state index in [1.165, 1.54) is 5.56 Å². The maximum atomic E-state index is 12.3. The van der Waals surface area contributed by atoms with Crippen LogP contribution in [0, 0.1) is 0 Å². The van der Waals surface area contributed by atoms with Gasteiger partial charge in [-0.05, 0) is 60.5 Å². The van der Waals surface area contributed by atoms with Gasteiger partial charge in [-0.25, -0.2) is 4.98 Å². The maximum absolute atomic E-state index is 12.3. The van der Waals surface area contributed by atoms with Gasteiger partial charge >= 0.3 is 0 Å². The van der Waals surface area contributed by atoms with Gasteiger partial charge in [0.25, 0.3) is 5.91 Å². The average molecular weight is 420 g/mol. The van der Waals surface area contributed by atoms with Gasteiger partial charge in [-0.1, -0.05) is 40.2 Å². The molecule has 0 saturated carbocycles. The first-order valence-electron chi connectivity index (χ1n) is 8.77. The Morgan fingerprint density at radius 2 is 1.67 bits per heavy atom. The van der Waals surface area contributed by atoms with Crippen LogP contribution in [0.25, 0.3) is 11.0 Å². The summed E-state index contributed by atoms with van der Waals surface area (Å²) in [6.45, 7) is 0. The highest BCUT2D eigenvalue weighted by Gasteiger charge is 2.06. The number of para-hydroxylation sites is 2. The summed E-state index contributed by atoms with van der Waals surface area (Å²) in [5.74, 6) is 0.876. The van der Waals surface area contributed by atoms with E-state index in [0.29, 0.717) is 5.56 Å². The van der Waals surface area contributed by atoms with Crippen molar-refractivity contribution in [2.24, 2.45) is 0 Å². The van der Waals surface area contributed by atoms with Crippen LogP contribution in [0.2, 0.25) is 0 Å². The van der Waals surface area contributed by atoms with Crippen LogP contribution in [0.15, 0.2) is 77.3 Å². The zero-order valence-electron chi connectivity index (χ0n) is 14.6. The zero-order chi connectivity index (χ0) is 18.6. The number of halogens is 1. The number of carbonyl (C=O) groups is 1. The Balaban J connectivity index is 1.37. The molecule has 27 heavy (non-hydrogen) atoms. The monoisotopic (exact) mass is 419 g/mol. The van der Waals surface area contributed by atoms with Crippen LogP contribution in [0.1, 0.15) is 21.7 Å². The molecule has 4 nitrogen and oxygen atoms in total. The van der Waals surface area contributed by atoms with Crippen molar-refractivity contribution < 1.29 is 4.79 Å². The largest absolute Gasteiger partial charge is 0.342 e. The fourth-order valence-electron chi connectivity index (χ4n) is 2.95. The number of aromatic amines is 1. The smallest absolute Gasteiger partial charge is 0.255 e. The summed E-state index contributed by atoms with van der Waals surface area (Å²) < 4.78 is 0.952. The van der Waals surface area contributed by atoms with Gasteiger partial charge in [-0.15, -0.1) is 0 Å². The lowest BCUT2D eigenvalue weighted by Gasteiger charge is -2.07. The second-order valence-electron chi connectivity index (χ2n) is 6.36. The van der Waals surface area contributed by atoms with E-state index < -0.39 is 0 Å². The van der Waals surface area contributed by atoms with E-state index in [1.807, 2.05) is 60.7 Å². The summed E-state index contributed by atoms with van der Waals surface area (Å²) in [5, 5.41) is 2.92. The number of hydrogen-bond donors (Lipinski definition) is 2. The second-order valence-corrected chi connectivity index (χ2v) is 7.27. The van der Waals surface area contributed by atoms with Crippen molar-refractivity contribution in [2.75, 3.05) is 5.32 Å². The molecule has 3 aromatic carbocycles. The molecule has 0 atom stereocenters. The minimum Gasteiger partial charge on any atom is -0.342 e. The summed E-state index contributed by atoms with van der Waals surface area (Å²) in [6.07, 6.45) is 1.74. The Hall–Kier alpha value is -2.92. The quantitative estimate of drug-likeness (QED) is 0.457. The number of hydrogen-bond acceptors (Lipinski definition) is 2. The molecule has 4 aromatic rings. The third-order valence-corrected chi connectivity index (χ3v) is 4.94. The fourth-order valence-corrected chi connectivity index (χ4v) is 3.21. The predicted molar refractivity (Wildman–Crippen MR) is 112 cm³/mol. The molecule has 0 aliphatic rings. The topological polar surface area (TPSA) is 57.8 Å². The molecule has 1 amide bonds. The van der Waals surface area contributed by atoms with Gasteiger partial charge in [0.2, 0.25) is 0 Å². The molecule has 5 heteroatoms. The van der Waals surface area contributed by atoms with Gasteiger partial charge in [0.05, 0.1) is 11.0 Å². The molecule has 0 bridgehead atoms. The highest BCUT2D eigenvalue weighted by molar-refractivity contribution is 9.10. The van der Waals surface area contributed by atoms with Crippen LogP contribution >= 0.6 is 15.9 Å². The number of imidazole rings is 1. The molecule has 1 aromatic heterocycles. The fraction of sp³-hybridized carbons (Fsp3) is 0.0909. The molecular formula is C22H18BrN3O. The van der Waals surface area contributed by atoms with Crippen molar-refractivity contribution in [3.05, 3.63) is 94.2 Å². The average Bonchev–Trinajstić information content (AvgIpc) is 3.11. The van der Waals surface area contributed by atoms with E-state index in [-0.39, 0.29) is 5.91 Å². The van der Waals surface area contributed by atoms with Crippen LogP contribution in [-0.4, -0.2) is 15.9 Å². The standard InChI is InChI=1S/C22H18BrN3O/c23-17-10-8-16(9-11-17)22(27)24-18-12-5-15(6-13-18)7-14-21-25-19-3-1-2-4-20(19)26-21/h1-6,8-13H,7,14H2,(H,24,27)(H,25,26). The summed E-state index contributed by atoms with van der Waals surface area (Å²) in [5.41, 5.74) is 4.69. The number of nitrogens with zero attached hydrogens (tertiary/aromatic N) is 1. The summed E-state index contributed by atoms with van der Waals surface area (Å²) >= 11 is 3.37. The van der Waals surface area contributed by atoms with Crippen LogP contribution in [0.4, 0.5) is 5.69 Å². The van der Waals surface area contributed by atoms with Crippen LogP contribution in [-0.2, 0) is 12.8 Å². The van der Waals surface area contributed by atoms with Crippen molar-refractivity contribution in [2.45, 2.75) is 12.8 Å². The lowest BCUT2D eigenvalue weighted by Crippen LogP contribution is -2.11. The van der Waals surface area contributed by atoms with Gasteiger partial charge in [0.1, 0.15) is 5.82 Å². The molecule has 0 aliphatic carbocycles. The van der Waals surface area contributed by atoms with Crippen molar-refractivity contribution in [1.29, 1.82) is 0 Å². The van der Waals surface area contributed by atoms with Crippen molar-refractivity contribution in [3.63, 3.8) is 0 Å². The predicted octanol–water partition coefficient (Wildman–Crippen LogP) is 5.36. The number of aromatic nitrogens is 2. The van der Waals surface area contributed by atoms with Crippen LogP contribution in [0.3, 0.4) is 0 Å². The number of carbonyl (C=O) groups excluding carboxylic acids is 1. The van der Waals surface area contributed by atoms with E-state index >= 15 is 0 Å². The third kappa shape index (κ3) is 4.26. The number of amides is 1. The molecule has 4 rings (SSSR count). The maximum Gasteiger partial charge on any atom is 0.255 e. The van der Waals surface area contributed by atoms with E-state index in [0.717, 1.165) is 39.9 Å². The summed E-state index contributed by atoms with van der Waals surface area (Å²) in [6, 6.07) is 23.3. The summed E-state index contributed by atoms with van der Waals surface area (Å²) in [4.78, 5) is 20.2. The molecule has 0 saturated heterocycles. The van der Waals surface area contributed by atoms with Gasteiger partial charge in [0.15, 0.2) is 0 Å². The number of anilines is 1. The first kappa shape index (κ1) is 17.5. The minimum atomic E-state index is -0.113. The Kier molecular flexibility index (Phi) is 5.03. The first-order valence-corrected chi connectivity index (χ1v) is 9.56. The lowest BCUT2D eigenvalue weighted by atomic mass is 10.1. The summed E-state index contributed by atoms with van der Waals surface area (Å²) in [7, 11) is 0. The van der Waals surface area contributed by atoms with Crippen LogP contribution < -0.4 is 5.32 Å². The number of rotatable bonds is 5. The van der Waals surface area contributed by atoms with Crippen molar-refractivity contribution >= 4 is 38.6 Å². The first-order chi connectivity index (χ1) is 13.2. The Morgan fingerprint density at radius 1 is 0.926 bits per heavy atom. The molecule has 1 heterocycles. The van der Waals surface area contributed by atoms with Gasteiger partial charge < -0.3 is 10.3 Å². The van der Waals surface area contributed by atoms with Gasteiger partial charge in [-0.2, -0.15) is 0 Å². The number of aryl methyl sites for hydroxylation is 2. The number of fused-ring (bicyclic) bond motifs is 1. The van der Waals surface area contributed by atoms with E-state index in [2.05, 4.69) is 31.2 Å². The third-order valence-electron chi connectivity index (χ3n) is 4.41. The van der Waals surface area contributed by atoms with Crippen molar-refractivity contribution in [3.8, 4) is 0 Å². The van der Waals surface area contributed by atoms with E-state index in [4.69, 9.17) is 0 Å². The molecule has 0 fully saturated rings. The van der Waals surface area contributed by atoms with Crippen molar-refractivity contribution in [1.82, 2.24) is 9.97 Å². The minimum absolute atomic E-state index is 0.113. The molecular weight excluding hydrogens is 402 g/mol. The van der Waals surface area contributed by atoms with Crippen LogP contribution in [0.5, 0.6) is 0 Å². The molecule has 0 radical (unpaired) electrons. The molecule has 0 spiro atoms. The Labute approximate surface area is 165 Å². The molecule has 0 unspecified atom stereocenters. The van der Waals surface area contributed by atoms with E-state index in [1.54, 1.807) is 12.1 Å². The SMILES string of the molecule is O=C(Nc1ccc(CCc2nc3ccccc3[nH]2)cc1)c1ccc(Br)cc1. The highest BCUT2D eigenvalue weighted by Crippen LogP contribution is 2.16. The Bertz CT molecular complexity index is 1040. The normalized spacial score (nSPS) is 10.9. The number of nitrogens with one attached hydrogen (secondary N) is 2. The second kappa shape index (κ2) is 7.76. The van der Waals surface area contributed by atoms with Gasteiger partial charge in [-0.3, -0.25) is 4.79 Å². The number of benzene rings is 3. The lowest BCUT2D eigenvalue weighted by molar-refractivity contribution is 0.102. The molecule has 134 valence electrons. The number of H-pyrrole nitrogens is 1. The highest BCUT2D eigenvalue weighted by atomic mass is 79.9. The molecule has 2 N–H and O–H groups in total. The Morgan fingerprint density at radius 3 is 2.41 bits per heavy atom. The van der Waals surface area contributed by atoms with E-state index in [9.17, 15) is 4.79 Å². The molecule has 0 aliphatic heterocycles.